The average molecular weight is 207 g/mol. The number of thiol groups is 1. The molecule has 0 rings (SSSR count). The van der Waals surface area contributed by atoms with Crippen LogP contribution in [0.1, 0.15) is 12.8 Å². The number of aliphatic carboxylic acids is 1. The number of esters is 1. The first-order chi connectivity index (χ1) is 6.07. The van der Waals surface area contributed by atoms with Crippen LogP contribution in [-0.4, -0.2) is 35.4 Å². The predicted octanol–water partition coefficient (Wildman–Crippen LogP) is -0.349. The molecule has 13 heavy (non-hydrogen) atoms. The van der Waals surface area contributed by atoms with Gasteiger partial charge in [0.05, 0.1) is 6.42 Å². The van der Waals surface area contributed by atoms with E-state index in [1.54, 1.807) is 0 Å². The zero-order chi connectivity index (χ0) is 10.3. The number of nitrogens with two attached hydrogens (primary N) is 1. The first-order valence-corrected chi connectivity index (χ1v) is 4.46. The summed E-state index contributed by atoms with van der Waals surface area (Å²) in [6.07, 6.45) is 0.231. The van der Waals surface area contributed by atoms with Crippen molar-refractivity contribution >= 4 is 24.6 Å². The van der Waals surface area contributed by atoms with Crippen LogP contribution in [0.15, 0.2) is 0 Å². The molecule has 0 radical (unpaired) electrons. The Balaban J connectivity index is 3.55. The van der Waals surface area contributed by atoms with E-state index in [4.69, 9.17) is 10.8 Å². The molecule has 0 spiro atoms. The second-order valence-electron chi connectivity index (χ2n) is 2.43. The molecule has 0 aromatic rings. The molecule has 0 aromatic heterocycles. The van der Waals surface area contributed by atoms with E-state index < -0.39 is 18.0 Å². The molecule has 1 atom stereocenters. The van der Waals surface area contributed by atoms with Gasteiger partial charge in [0.1, 0.15) is 12.6 Å². The standard InChI is InChI=1S/C7H13NO4S/c8-5(2-4-13)7(11)12-3-1-6(9)10/h5,13H,1-4,8H2,(H,9,10)/t5-/m0/s1. The van der Waals surface area contributed by atoms with Crippen molar-refractivity contribution < 1.29 is 19.4 Å². The normalized spacial score (nSPS) is 12.2. The molecule has 6 heteroatoms. The number of hydrogen-bond donors (Lipinski definition) is 3. The summed E-state index contributed by atoms with van der Waals surface area (Å²) in [6.45, 7) is -0.131. The smallest absolute Gasteiger partial charge is 0.322 e. The highest BCUT2D eigenvalue weighted by Gasteiger charge is 2.13. The zero-order valence-corrected chi connectivity index (χ0v) is 8.00. The number of hydrogen-bond acceptors (Lipinski definition) is 5. The zero-order valence-electron chi connectivity index (χ0n) is 7.10. The molecule has 0 unspecified atom stereocenters. The van der Waals surface area contributed by atoms with Crippen LogP contribution in [0, 0.1) is 0 Å². The van der Waals surface area contributed by atoms with Crippen molar-refractivity contribution in [3.05, 3.63) is 0 Å². The Kier molecular flexibility index (Phi) is 6.34. The van der Waals surface area contributed by atoms with E-state index in [1.165, 1.54) is 0 Å². The lowest BCUT2D eigenvalue weighted by atomic mass is 10.2. The van der Waals surface area contributed by atoms with E-state index in [1.807, 2.05) is 0 Å². The molecule has 76 valence electrons. The number of ether oxygens (including phenoxy) is 1. The first kappa shape index (κ1) is 12.2. The van der Waals surface area contributed by atoms with Gasteiger partial charge >= 0.3 is 11.9 Å². The molecular formula is C7H13NO4S. The van der Waals surface area contributed by atoms with Gasteiger partial charge in [0.2, 0.25) is 0 Å². The molecule has 0 saturated heterocycles. The highest BCUT2D eigenvalue weighted by Crippen LogP contribution is 1.95. The maximum absolute atomic E-state index is 10.9. The highest BCUT2D eigenvalue weighted by molar-refractivity contribution is 7.80. The molecule has 0 aromatic carbocycles. The molecule has 0 saturated carbocycles. The van der Waals surface area contributed by atoms with Crippen LogP contribution in [0.25, 0.3) is 0 Å². The summed E-state index contributed by atoms with van der Waals surface area (Å²) >= 11 is 3.90. The van der Waals surface area contributed by atoms with Gasteiger partial charge < -0.3 is 15.6 Å². The molecule has 0 aliphatic rings. The predicted molar refractivity (Wildman–Crippen MR) is 49.7 cm³/mol. The molecular weight excluding hydrogens is 194 g/mol. The summed E-state index contributed by atoms with van der Waals surface area (Å²) in [5.41, 5.74) is 5.37. The van der Waals surface area contributed by atoms with Gasteiger partial charge in [0.15, 0.2) is 0 Å². The summed E-state index contributed by atoms with van der Waals surface area (Å²) in [6, 6.07) is -0.703. The largest absolute Gasteiger partial charge is 0.481 e. The van der Waals surface area contributed by atoms with Gasteiger partial charge in [-0.15, -0.1) is 0 Å². The van der Waals surface area contributed by atoms with Crippen molar-refractivity contribution in [1.82, 2.24) is 0 Å². The van der Waals surface area contributed by atoms with E-state index in [0.717, 1.165) is 0 Å². The monoisotopic (exact) mass is 207 g/mol. The van der Waals surface area contributed by atoms with Gasteiger partial charge in [-0.3, -0.25) is 9.59 Å². The lowest BCUT2D eigenvalue weighted by Crippen LogP contribution is -2.33. The summed E-state index contributed by atoms with van der Waals surface area (Å²) in [5.74, 6) is -1.08. The Morgan fingerprint density at radius 1 is 1.54 bits per heavy atom. The summed E-state index contributed by atoms with van der Waals surface area (Å²) in [5, 5.41) is 8.23. The molecule has 0 bridgehead atoms. The second kappa shape index (κ2) is 6.73. The average Bonchev–Trinajstić information content (AvgIpc) is 2.04. The highest BCUT2D eigenvalue weighted by atomic mass is 32.1. The fraction of sp³-hybridized carbons (Fsp3) is 0.714. The maximum atomic E-state index is 10.9. The van der Waals surface area contributed by atoms with Crippen molar-refractivity contribution in [3.63, 3.8) is 0 Å². The van der Waals surface area contributed by atoms with Crippen molar-refractivity contribution in [3.8, 4) is 0 Å². The Morgan fingerprint density at radius 2 is 2.15 bits per heavy atom. The minimum Gasteiger partial charge on any atom is -0.481 e. The number of carboxylic acid groups (broad SMARTS) is 1. The van der Waals surface area contributed by atoms with Crippen LogP contribution in [0.4, 0.5) is 0 Å². The SMILES string of the molecule is N[C@@H](CCS)C(=O)OCCC(=O)O. The number of carbonyl (C=O) groups excluding carboxylic acids is 1. The Labute approximate surface area is 81.7 Å². The first-order valence-electron chi connectivity index (χ1n) is 3.82. The summed E-state index contributed by atoms with van der Waals surface area (Å²) in [4.78, 5) is 21.0. The van der Waals surface area contributed by atoms with Crippen molar-refractivity contribution in [2.75, 3.05) is 12.4 Å². The van der Waals surface area contributed by atoms with Crippen molar-refractivity contribution in [2.45, 2.75) is 18.9 Å². The van der Waals surface area contributed by atoms with Crippen molar-refractivity contribution in [2.24, 2.45) is 5.73 Å². The number of carbonyl (C=O) groups is 2. The van der Waals surface area contributed by atoms with E-state index in [-0.39, 0.29) is 13.0 Å². The van der Waals surface area contributed by atoms with Crippen molar-refractivity contribution in [1.29, 1.82) is 0 Å². The maximum Gasteiger partial charge on any atom is 0.322 e. The fourth-order valence-electron chi connectivity index (χ4n) is 0.603. The third kappa shape index (κ3) is 6.41. The quantitative estimate of drug-likeness (QED) is 0.409. The Morgan fingerprint density at radius 3 is 2.62 bits per heavy atom. The Bertz CT molecular complexity index is 185. The minimum atomic E-state index is -1.00. The molecule has 0 aliphatic heterocycles. The molecule has 0 heterocycles. The van der Waals surface area contributed by atoms with Gasteiger partial charge in [-0.1, -0.05) is 0 Å². The van der Waals surface area contributed by atoms with Gasteiger partial charge in [-0.25, -0.2) is 0 Å². The van der Waals surface area contributed by atoms with Crippen LogP contribution in [0.2, 0.25) is 0 Å². The van der Waals surface area contributed by atoms with E-state index in [0.29, 0.717) is 12.2 Å². The van der Waals surface area contributed by atoms with Crippen LogP contribution in [0.5, 0.6) is 0 Å². The molecule has 3 N–H and O–H groups in total. The minimum absolute atomic E-state index is 0.131. The van der Waals surface area contributed by atoms with Crippen LogP contribution in [0.3, 0.4) is 0 Å². The van der Waals surface area contributed by atoms with Crippen LogP contribution in [-0.2, 0) is 14.3 Å². The van der Waals surface area contributed by atoms with Gasteiger partial charge in [-0.05, 0) is 12.2 Å². The molecule has 0 amide bonds. The van der Waals surface area contributed by atoms with E-state index in [2.05, 4.69) is 17.4 Å². The Hall–Kier alpha value is -0.750. The van der Waals surface area contributed by atoms with Gasteiger partial charge in [0.25, 0.3) is 0 Å². The summed E-state index contributed by atoms with van der Waals surface area (Å²) < 4.78 is 4.59. The fourth-order valence-corrected chi connectivity index (χ4v) is 0.881. The lowest BCUT2D eigenvalue weighted by Gasteiger charge is -2.08. The molecule has 5 nitrogen and oxygen atoms in total. The van der Waals surface area contributed by atoms with Gasteiger partial charge in [0, 0.05) is 0 Å². The van der Waals surface area contributed by atoms with Crippen LogP contribution >= 0.6 is 12.6 Å². The number of rotatable bonds is 6. The lowest BCUT2D eigenvalue weighted by molar-refractivity contribution is -0.147. The summed E-state index contributed by atoms with van der Waals surface area (Å²) in [7, 11) is 0. The molecule has 0 fully saturated rings. The second-order valence-corrected chi connectivity index (χ2v) is 2.88. The third-order valence-corrected chi connectivity index (χ3v) is 1.56. The van der Waals surface area contributed by atoms with Gasteiger partial charge in [-0.2, -0.15) is 12.6 Å². The van der Waals surface area contributed by atoms with E-state index in [9.17, 15) is 9.59 Å². The topological polar surface area (TPSA) is 89.6 Å². The third-order valence-electron chi connectivity index (χ3n) is 1.30. The van der Waals surface area contributed by atoms with E-state index >= 15 is 0 Å². The van der Waals surface area contributed by atoms with Crippen LogP contribution < -0.4 is 5.73 Å². The number of carboxylic acids is 1. The molecule has 0 aliphatic carbocycles.